The van der Waals surface area contributed by atoms with Gasteiger partial charge in [-0.1, -0.05) is 0 Å². The zero-order valence-electron chi connectivity index (χ0n) is 8.17. The normalized spacial score (nSPS) is 11.4. The van der Waals surface area contributed by atoms with Gasteiger partial charge in [0.05, 0.1) is 25.1 Å². The topological polar surface area (TPSA) is 54.0 Å². The third-order valence-corrected chi connectivity index (χ3v) is 2.33. The maximum absolute atomic E-state index is 11.7. The quantitative estimate of drug-likeness (QED) is 0.820. The molecule has 4 nitrogen and oxygen atoms in total. The average Bonchev–Trinajstić information content (AvgIpc) is 2.65. The number of halogens is 3. The first kappa shape index (κ1) is 12.9. The molecule has 1 heterocycles. The number of carbonyl (C=O) groups excluding carboxylic acids is 1. The van der Waals surface area contributed by atoms with Crippen LogP contribution in [0.5, 0.6) is 0 Å². The van der Waals surface area contributed by atoms with Gasteiger partial charge in [-0.25, -0.2) is 0 Å². The smallest absolute Gasteiger partial charge is 0.350 e. The molecule has 1 aromatic rings. The zero-order chi connectivity index (χ0) is 12.0. The Bertz CT molecular complexity index is 326. The first-order valence-electron chi connectivity index (χ1n) is 4.39. The molecule has 0 saturated carbocycles. The second-order valence-corrected chi connectivity index (χ2v) is 3.93. The summed E-state index contributed by atoms with van der Waals surface area (Å²) in [6.45, 7) is -1.23. The number of nitrogens with one attached hydrogen (secondary N) is 2. The van der Waals surface area contributed by atoms with E-state index in [1.54, 1.807) is 11.7 Å². The summed E-state index contributed by atoms with van der Waals surface area (Å²) in [5, 5.41) is 4.48. The summed E-state index contributed by atoms with van der Waals surface area (Å²) in [5.41, 5.74) is 1.61. The van der Waals surface area contributed by atoms with Gasteiger partial charge in [0.2, 0.25) is 5.91 Å². The molecule has 1 rings (SSSR count). The van der Waals surface area contributed by atoms with E-state index in [0.29, 0.717) is 0 Å². The van der Waals surface area contributed by atoms with Gasteiger partial charge >= 0.3 is 6.18 Å². The maximum Gasteiger partial charge on any atom is 0.401 e. The molecule has 0 aromatic carbocycles. The highest BCUT2D eigenvalue weighted by atomic mass is 32.1. The van der Waals surface area contributed by atoms with Crippen LogP contribution in [0.4, 0.5) is 13.2 Å². The molecular weight excluding hydrogens is 243 g/mol. The van der Waals surface area contributed by atoms with E-state index in [1.165, 1.54) is 11.3 Å². The van der Waals surface area contributed by atoms with E-state index in [4.69, 9.17) is 0 Å². The van der Waals surface area contributed by atoms with Crippen molar-refractivity contribution in [2.45, 2.75) is 12.7 Å². The van der Waals surface area contributed by atoms with E-state index >= 15 is 0 Å². The van der Waals surface area contributed by atoms with Crippen LogP contribution in [-0.4, -0.2) is 30.2 Å². The lowest BCUT2D eigenvalue weighted by Gasteiger charge is -2.08. The van der Waals surface area contributed by atoms with Gasteiger partial charge in [-0.3, -0.25) is 9.78 Å². The molecule has 0 aliphatic carbocycles. The third-order valence-electron chi connectivity index (χ3n) is 1.55. The lowest BCUT2D eigenvalue weighted by molar-refractivity contribution is -0.128. The SMILES string of the molecule is O=C(CNCC(F)(F)F)NCc1cncs1. The summed E-state index contributed by atoms with van der Waals surface area (Å²) < 4.78 is 35.1. The highest BCUT2D eigenvalue weighted by molar-refractivity contribution is 7.09. The molecule has 0 bridgehead atoms. The first-order valence-corrected chi connectivity index (χ1v) is 5.27. The summed E-state index contributed by atoms with van der Waals surface area (Å²) in [4.78, 5) is 15.7. The second-order valence-electron chi connectivity index (χ2n) is 2.96. The molecule has 0 aliphatic heterocycles. The highest BCUT2D eigenvalue weighted by Gasteiger charge is 2.26. The van der Waals surface area contributed by atoms with Crippen molar-refractivity contribution >= 4 is 17.2 Å². The van der Waals surface area contributed by atoms with Crippen LogP contribution in [-0.2, 0) is 11.3 Å². The van der Waals surface area contributed by atoms with Crippen LogP contribution >= 0.6 is 11.3 Å². The monoisotopic (exact) mass is 253 g/mol. The predicted octanol–water partition coefficient (Wildman–Crippen LogP) is 0.911. The molecule has 1 amide bonds. The minimum atomic E-state index is -4.29. The molecule has 2 N–H and O–H groups in total. The van der Waals surface area contributed by atoms with E-state index in [1.807, 2.05) is 5.32 Å². The van der Waals surface area contributed by atoms with Crippen LogP contribution in [0.25, 0.3) is 0 Å². The van der Waals surface area contributed by atoms with Gasteiger partial charge in [-0.15, -0.1) is 11.3 Å². The second kappa shape index (κ2) is 5.80. The van der Waals surface area contributed by atoms with Crippen LogP contribution in [0.15, 0.2) is 11.7 Å². The van der Waals surface area contributed by atoms with Gasteiger partial charge in [0.1, 0.15) is 0 Å². The average molecular weight is 253 g/mol. The summed E-state index contributed by atoms with van der Waals surface area (Å²) in [6.07, 6.45) is -2.70. The number of carbonyl (C=O) groups is 1. The molecular formula is C8H10F3N3OS. The van der Waals surface area contributed by atoms with E-state index in [2.05, 4.69) is 10.3 Å². The van der Waals surface area contributed by atoms with Gasteiger partial charge in [0, 0.05) is 11.1 Å². The Morgan fingerprint density at radius 1 is 1.50 bits per heavy atom. The Kier molecular flexibility index (Phi) is 4.69. The van der Waals surface area contributed by atoms with Gasteiger partial charge in [-0.05, 0) is 0 Å². The number of aromatic nitrogens is 1. The number of amides is 1. The van der Waals surface area contributed by atoms with Gasteiger partial charge < -0.3 is 10.6 Å². The van der Waals surface area contributed by atoms with E-state index in [0.717, 1.165) is 4.88 Å². The number of rotatable bonds is 5. The van der Waals surface area contributed by atoms with E-state index in [9.17, 15) is 18.0 Å². The van der Waals surface area contributed by atoms with Gasteiger partial charge in [-0.2, -0.15) is 13.2 Å². The summed E-state index contributed by atoms with van der Waals surface area (Å²) >= 11 is 1.37. The van der Waals surface area contributed by atoms with Crippen molar-refractivity contribution in [3.63, 3.8) is 0 Å². The highest BCUT2D eigenvalue weighted by Crippen LogP contribution is 2.11. The number of nitrogens with zero attached hydrogens (tertiary/aromatic N) is 1. The van der Waals surface area contributed by atoms with Crippen molar-refractivity contribution < 1.29 is 18.0 Å². The Labute approximate surface area is 93.9 Å². The molecule has 0 unspecified atom stereocenters. The summed E-state index contributed by atoms with van der Waals surface area (Å²) in [5.74, 6) is -0.474. The fraction of sp³-hybridized carbons (Fsp3) is 0.500. The van der Waals surface area contributed by atoms with Crippen LogP contribution in [0, 0.1) is 0 Å². The number of hydrogen-bond donors (Lipinski definition) is 2. The van der Waals surface area contributed by atoms with Crippen molar-refractivity contribution in [2.24, 2.45) is 0 Å². The van der Waals surface area contributed by atoms with Gasteiger partial charge in [0.25, 0.3) is 0 Å². The number of thiazole rings is 1. The minimum Gasteiger partial charge on any atom is -0.350 e. The molecule has 0 saturated heterocycles. The molecule has 8 heteroatoms. The molecule has 0 fully saturated rings. The summed E-state index contributed by atoms with van der Waals surface area (Å²) in [7, 11) is 0. The minimum absolute atomic E-state index is 0.289. The standard InChI is InChI=1S/C8H10F3N3OS/c9-8(10,11)4-12-3-7(15)14-2-6-1-13-5-16-6/h1,5,12H,2-4H2,(H,14,15). The molecule has 0 atom stereocenters. The van der Waals surface area contributed by atoms with Gasteiger partial charge in [0.15, 0.2) is 0 Å². The number of hydrogen-bond acceptors (Lipinski definition) is 4. The molecule has 0 spiro atoms. The molecule has 16 heavy (non-hydrogen) atoms. The number of alkyl halides is 3. The van der Waals surface area contributed by atoms with Crippen LogP contribution in [0.1, 0.15) is 4.88 Å². The van der Waals surface area contributed by atoms with Crippen molar-refractivity contribution in [3.8, 4) is 0 Å². The molecule has 90 valence electrons. The Hall–Kier alpha value is -1.15. The molecule has 0 radical (unpaired) electrons. The molecule has 1 aromatic heterocycles. The lowest BCUT2D eigenvalue weighted by atomic mass is 10.5. The fourth-order valence-corrected chi connectivity index (χ4v) is 1.43. The van der Waals surface area contributed by atoms with Crippen molar-refractivity contribution in [1.82, 2.24) is 15.6 Å². The predicted molar refractivity (Wildman–Crippen MR) is 52.9 cm³/mol. The Morgan fingerprint density at radius 2 is 2.25 bits per heavy atom. The third kappa shape index (κ3) is 5.66. The van der Waals surface area contributed by atoms with Crippen LogP contribution in [0.3, 0.4) is 0 Å². The van der Waals surface area contributed by atoms with Crippen LogP contribution < -0.4 is 10.6 Å². The summed E-state index contributed by atoms with van der Waals surface area (Å²) in [6, 6.07) is 0. The Balaban J connectivity index is 2.12. The van der Waals surface area contributed by atoms with E-state index in [-0.39, 0.29) is 13.1 Å². The first-order chi connectivity index (χ1) is 7.47. The van der Waals surface area contributed by atoms with Crippen molar-refractivity contribution in [1.29, 1.82) is 0 Å². The van der Waals surface area contributed by atoms with E-state index < -0.39 is 18.6 Å². The lowest BCUT2D eigenvalue weighted by Crippen LogP contribution is -2.37. The van der Waals surface area contributed by atoms with Crippen molar-refractivity contribution in [3.05, 3.63) is 16.6 Å². The largest absolute Gasteiger partial charge is 0.401 e. The van der Waals surface area contributed by atoms with Crippen molar-refractivity contribution in [2.75, 3.05) is 13.1 Å². The van der Waals surface area contributed by atoms with Crippen LogP contribution in [0.2, 0.25) is 0 Å². The zero-order valence-corrected chi connectivity index (χ0v) is 8.99. The Morgan fingerprint density at radius 3 is 2.81 bits per heavy atom. The maximum atomic E-state index is 11.7. The fourth-order valence-electron chi connectivity index (χ4n) is 0.895. The molecule has 0 aliphatic rings.